The highest BCUT2D eigenvalue weighted by Gasteiger charge is 2.53. The van der Waals surface area contributed by atoms with Gasteiger partial charge in [0.25, 0.3) is 5.92 Å². The number of nitrogens with zero attached hydrogens (tertiary/aromatic N) is 4. The van der Waals surface area contributed by atoms with E-state index in [9.17, 15) is 22.0 Å². The molecule has 2 N–H and O–H groups in total. The minimum atomic E-state index is -3.94. The van der Waals surface area contributed by atoms with E-state index in [-0.39, 0.29) is 60.1 Å². The van der Waals surface area contributed by atoms with Crippen molar-refractivity contribution in [3.05, 3.63) is 35.3 Å². The number of anilines is 3. The van der Waals surface area contributed by atoms with Crippen LogP contribution in [0.3, 0.4) is 0 Å². The predicted octanol–water partition coefficient (Wildman–Crippen LogP) is 3.35. The van der Waals surface area contributed by atoms with Crippen molar-refractivity contribution in [2.45, 2.75) is 45.5 Å². The molecule has 3 fully saturated rings. The highest BCUT2D eigenvalue weighted by molar-refractivity contribution is 7.92. The number of rotatable bonds is 8. The third-order valence-corrected chi connectivity index (χ3v) is 9.24. The van der Waals surface area contributed by atoms with Gasteiger partial charge in [-0.2, -0.15) is 4.98 Å². The summed E-state index contributed by atoms with van der Waals surface area (Å²) in [5.74, 6) is -5.00. The lowest BCUT2D eigenvalue weighted by atomic mass is 9.96. The molecule has 0 radical (unpaired) electrons. The van der Waals surface area contributed by atoms with Crippen molar-refractivity contribution in [3.8, 4) is 5.88 Å². The predicted molar refractivity (Wildman–Crippen MR) is 142 cm³/mol. The van der Waals surface area contributed by atoms with Crippen molar-refractivity contribution in [1.29, 1.82) is 0 Å². The minimum absolute atomic E-state index is 0.0330. The molecule has 0 amide bonds. The van der Waals surface area contributed by atoms with Gasteiger partial charge in [0.1, 0.15) is 11.4 Å². The Morgan fingerprint density at radius 2 is 1.85 bits per heavy atom. The van der Waals surface area contributed by atoms with Gasteiger partial charge >= 0.3 is 5.97 Å². The summed E-state index contributed by atoms with van der Waals surface area (Å²) in [5, 5.41) is 9.04. The Kier molecular flexibility index (Phi) is 7.36. The molecule has 10 nitrogen and oxygen atoms in total. The fourth-order valence-electron chi connectivity index (χ4n) is 5.41. The zero-order valence-electron chi connectivity index (χ0n) is 22.3. The molecule has 0 bridgehead atoms. The molecule has 1 aromatic carbocycles. The van der Waals surface area contributed by atoms with Crippen LogP contribution in [0.4, 0.5) is 30.5 Å². The van der Waals surface area contributed by atoms with Gasteiger partial charge in [-0.15, -0.1) is 0 Å². The van der Waals surface area contributed by atoms with E-state index >= 15 is 4.39 Å². The number of aromatic nitrogens is 2. The van der Waals surface area contributed by atoms with Crippen LogP contribution in [0.1, 0.15) is 48.7 Å². The van der Waals surface area contributed by atoms with Crippen LogP contribution in [-0.4, -0.2) is 73.9 Å². The summed E-state index contributed by atoms with van der Waals surface area (Å²) in [6.45, 7) is 4.39. The number of nitrogens with one attached hydrogen (secondary N) is 1. The van der Waals surface area contributed by atoms with Gasteiger partial charge < -0.3 is 19.6 Å². The van der Waals surface area contributed by atoms with E-state index in [4.69, 9.17) is 9.84 Å². The Labute approximate surface area is 230 Å². The SMILES string of the molecule is Cc1cc(OC(=O)c2c(F)cc(NS(=O)(=O)CCO)cc2N2CC[C@@]3(C)C[C@@H]3C2)nc(N2CCC(F)(F)CC2)n1. The second-order valence-electron chi connectivity index (χ2n) is 11.1. The summed E-state index contributed by atoms with van der Waals surface area (Å²) < 4.78 is 75.0. The van der Waals surface area contributed by atoms with Crippen LogP contribution in [0.2, 0.25) is 0 Å². The van der Waals surface area contributed by atoms with Crippen LogP contribution in [0, 0.1) is 24.1 Å². The number of benzene rings is 1. The third kappa shape index (κ3) is 6.12. The second kappa shape index (κ2) is 10.4. The molecule has 218 valence electrons. The van der Waals surface area contributed by atoms with E-state index in [1.54, 1.807) is 11.8 Å². The molecule has 0 unspecified atom stereocenters. The molecule has 1 aromatic heterocycles. The van der Waals surface area contributed by atoms with Gasteiger partial charge in [-0.1, -0.05) is 6.92 Å². The van der Waals surface area contributed by atoms with Crippen LogP contribution in [-0.2, 0) is 10.0 Å². The molecule has 1 aliphatic carbocycles. The summed E-state index contributed by atoms with van der Waals surface area (Å²) in [6.07, 6.45) is 1.15. The van der Waals surface area contributed by atoms with E-state index < -0.39 is 40.1 Å². The number of aryl methyl sites for hydroxylation is 1. The van der Waals surface area contributed by atoms with Crippen molar-refractivity contribution in [2.24, 2.45) is 11.3 Å². The van der Waals surface area contributed by atoms with Gasteiger partial charge in [-0.25, -0.2) is 31.4 Å². The van der Waals surface area contributed by atoms with Gasteiger partial charge in [0, 0.05) is 50.8 Å². The van der Waals surface area contributed by atoms with Crippen LogP contribution in [0.15, 0.2) is 18.2 Å². The van der Waals surface area contributed by atoms with E-state index in [0.29, 0.717) is 24.7 Å². The van der Waals surface area contributed by atoms with Crippen LogP contribution >= 0.6 is 0 Å². The number of carbonyl (C=O) groups is 1. The lowest BCUT2D eigenvalue weighted by Crippen LogP contribution is -2.40. The van der Waals surface area contributed by atoms with Crippen LogP contribution < -0.4 is 19.3 Å². The number of ether oxygens (including phenoxy) is 1. The highest BCUT2D eigenvalue weighted by atomic mass is 32.2. The first-order chi connectivity index (χ1) is 18.8. The molecule has 5 rings (SSSR count). The molecule has 40 heavy (non-hydrogen) atoms. The molecule has 2 aromatic rings. The molecular weight excluding hydrogens is 551 g/mol. The number of aliphatic hydroxyl groups is 1. The molecule has 14 heteroatoms. The number of fused-ring (bicyclic) bond motifs is 1. The maximum absolute atomic E-state index is 15.6. The first kappa shape index (κ1) is 28.4. The number of piperidine rings is 2. The monoisotopic (exact) mass is 583 g/mol. The van der Waals surface area contributed by atoms with Gasteiger partial charge in [0.2, 0.25) is 21.9 Å². The zero-order chi connectivity index (χ0) is 28.9. The Hall–Kier alpha value is -3.13. The highest BCUT2D eigenvalue weighted by Crippen LogP contribution is 2.58. The number of aliphatic hydroxyl groups excluding tert-OH is 1. The quantitative estimate of drug-likeness (QED) is 0.450. The maximum atomic E-state index is 15.6. The molecular formula is C26H32F3N5O5S. The average molecular weight is 584 g/mol. The van der Waals surface area contributed by atoms with Gasteiger partial charge in [0.05, 0.1) is 23.7 Å². The first-order valence-corrected chi connectivity index (χ1v) is 14.8. The number of hydrogen-bond acceptors (Lipinski definition) is 9. The number of esters is 1. The van der Waals surface area contributed by atoms with Crippen molar-refractivity contribution in [3.63, 3.8) is 0 Å². The Bertz CT molecular complexity index is 1420. The maximum Gasteiger partial charge on any atom is 0.350 e. The number of sulfonamides is 1. The van der Waals surface area contributed by atoms with E-state index in [2.05, 4.69) is 21.6 Å². The van der Waals surface area contributed by atoms with E-state index in [1.807, 2.05) is 4.90 Å². The molecule has 3 heterocycles. The van der Waals surface area contributed by atoms with Crippen LogP contribution in [0.5, 0.6) is 5.88 Å². The average Bonchev–Trinajstić information content (AvgIpc) is 3.53. The number of halogens is 3. The standard InChI is InChI=1S/C26H32F3N5O5S/c1-16-11-21(31-24(30-16)33-7-4-26(28,29)5-8-33)39-23(36)22-19(27)12-18(32-40(37,38)10-9-35)13-20(22)34-6-3-25(2)14-17(25)15-34/h11-13,17,32,35H,3-10,14-15H2,1-2H3/t17-,25+/m1/s1. The first-order valence-electron chi connectivity index (χ1n) is 13.2. The fraction of sp³-hybridized carbons (Fsp3) is 0.577. The number of alkyl halides is 2. The molecule has 2 aliphatic heterocycles. The van der Waals surface area contributed by atoms with Gasteiger partial charge in [-0.05, 0) is 43.2 Å². The van der Waals surface area contributed by atoms with Crippen molar-refractivity contribution in [1.82, 2.24) is 9.97 Å². The smallest absolute Gasteiger partial charge is 0.350 e. The van der Waals surface area contributed by atoms with Gasteiger partial charge in [-0.3, -0.25) is 4.72 Å². The van der Waals surface area contributed by atoms with Crippen molar-refractivity contribution in [2.75, 3.05) is 53.1 Å². The molecule has 0 spiro atoms. The second-order valence-corrected chi connectivity index (χ2v) is 13.0. The molecule has 2 atom stereocenters. The van der Waals surface area contributed by atoms with E-state index in [1.165, 1.54) is 12.1 Å². The normalized spacial score (nSPS) is 23.9. The number of carbonyl (C=O) groups excluding carboxylic acids is 1. The summed E-state index contributed by atoms with van der Waals surface area (Å²) in [4.78, 5) is 25.4. The summed E-state index contributed by atoms with van der Waals surface area (Å²) in [5.41, 5.74) is 0.380. The van der Waals surface area contributed by atoms with Crippen molar-refractivity contribution < 1.29 is 36.2 Å². The Morgan fingerprint density at radius 1 is 1.15 bits per heavy atom. The summed E-state index contributed by atoms with van der Waals surface area (Å²) >= 11 is 0. The summed E-state index contributed by atoms with van der Waals surface area (Å²) in [7, 11) is -3.94. The largest absolute Gasteiger partial charge is 0.404 e. The summed E-state index contributed by atoms with van der Waals surface area (Å²) in [6, 6.07) is 3.68. The molecule has 2 saturated heterocycles. The molecule has 3 aliphatic rings. The fourth-order valence-corrected chi connectivity index (χ4v) is 6.23. The zero-order valence-corrected chi connectivity index (χ0v) is 23.1. The van der Waals surface area contributed by atoms with Gasteiger partial charge in [0.15, 0.2) is 0 Å². The van der Waals surface area contributed by atoms with E-state index in [0.717, 1.165) is 18.9 Å². The topological polar surface area (TPSA) is 125 Å². The Balaban J connectivity index is 1.44. The van der Waals surface area contributed by atoms with Crippen LogP contribution in [0.25, 0.3) is 0 Å². The third-order valence-electron chi connectivity index (χ3n) is 7.97. The van der Waals surface area contributed by atoms with Crippen molar-refractivity contribution >= 4 is 33.3 Å². The lowest BCUT2D eigenvalue weighted by molar-refractivity contribution is -0.0222. The Morgan fingerprint density at radius 3 is 2.52 bits per heavy atom. The minimum Gasteiger partial charge on any atom is -0.404 e. The lowest BCUT2D eigenvalue weighted by Gasteiger charge is -2.33. The number of hydrogen-bond donors (Lipinski definition) is 2. The molecule has 1 saturated carbocycles.